The Kier molecular flexibility index (Phi) is 13.1. The zero-order valence-corrected chi connectivity index (χ0v) is 37.8. The molecule has 5 aromatic rings. The Bertz CT molecular complexity index is 2540. The van der Waals surface area contributed by atoms with Gasteiger partial charge in [-0.25, -0.2) is 4.99 Å². The highest BCUT2D eigenvalue weighted by Crippen LogP contribution is 2.50. The molecule has 0 spiro atoms. The second kappa shape index (κ2) is 17.3. The molecule has 0 N–H and O–H groups in total. The fourth-order valence-corrected chi connectivity index (χ4v) is 7.52. The van der Waals surface area contributed by atoms with Gasteiger partial charge in [0, 0.05) is 39.2 Å². The van der Waals surface area contributed by atoms with Gasteiger partial charge in [0.2, 0.25) is 0 Å². The number of allylic oxidation sites excluding steroid dienone is 1. The van der Waals surface area contributed by atoms with Crippen LogP contribution in [0.2, 0.25) is 0 Å². The average Bonchev–Trinajstić information content (AvgIpc) is 3.76. The molecule has 346 valence electrons. The van der Waals surface area contributed by atoms with Crippen LogP contribution in [0.25, 0.3) is 33.7 Å². The summed E-state index contributed by atoms with van der Waals surface area (Å²) in [5.74, 6) is -11.2. The highest BCUT2D eigenvalue weighted by molar-refractivity contribution is 6.44. The van der Waals surface area contributed by atoms with Crippen LogP contribution >= 0.6 is 0 Å². The third kappa shape index (κ3) is 10.3. The first-order valence-corrected chi connectivity index (χ1v) is 20.9. The molecule has 0 radical (unpaired) electrons. The van der Waals surface area contributed by atoms with Crippen LogP contribution in [0.4, 0.5) is 43.9 Å². The number of aromatic nitrogens is 1. The Morgan fingerprint density at radius 1 is 0.538 bits per heavy atom. The summed E-state index contributed by atoms with van der Waals surface area (Å²) in [4.78, 5) is 5.20. The largest absolute Gasteiger partial charge is 0.598 e. The molecule has 0 aliphatic carbocycles. The first-order valence-electron chi connectivity index (χ1n) is 20.9. The summed E-state index contributed by atoms with van der Waals surface area (Å²) >= 11 is 0. The van der Waals surface area contributed by atoms with Gasteiger partial charge < -0.3 is 13.8 Å². The third-order valence-corrected chi connectivity index (χ3v) is 11.2. The predicted octanol–water partition coefficient (Wildman–Crippen LogP) is 14.8. The summed E-state index contributed by atoms with van der Waals surface area (Å²) in [6, 6.07) is 30.4. The van der Waals surface area contributed by atoms with Crippen molar-refractivity contribution >= 4 is 24.2 Å². The third-order valence-electron chi connectivity index (χ3n) is 11.2. The van der Waals surface area contributed by atoms with Gasteiger partial charge in [0.25, 0.3) is 0 Å². The summed E-state index contributed by atoms with van der Waals surface area (Å²) in [7, 11) is -2.73. The van der Waals surface area contributed by atoms with Gasteiger partial charge in [0.1, 0.15) is 13.2 Å². The van der Waals surface area contributed by atoms with Gasteiger partial charge in [-0.2, -0.15) is 43.9 Å². The van der Waals surface area contributed by atoms with Crippen molar-refractivity contribution in [1.29, 1.82) is 0 Å². The van der Waals surface area contributed by atoms with Crippen molar-refractivity contribution < 1.29 is 53.2 Å². The summed E-state index contributed by atoms with van der Waals surface area (Å²) in [5.41, 5.74) is 5.27. The van der Waals surface area contributed by atoms with Gasteiger partial charge >= 0.3 is 31.5 Å². The maximum atomic E-state index is 14.9. The van der Waals surface area contributed by atoms with Crippen molar-refractivity contribution in [1.82, 2.24) is 4.48 Å². The fourth-order valence-electron chi connectivity index (χ4n) is 7.52. The number of fused-ring (bicyclic) bond motifs is 1. The number of aliphatic imine (C=N–C) groups is 1. The number of hydrogen-bond acceptors (Lipinski definition) is 3. The molecule has 1 aliphatic heterocycles. The van der Waals surface area contributed by atoms with E-state index in [1.54, 1.807) is 75.4 Å². The van der Waals surface area contributed by atoms with Crippen molar-refractivity contribution in [2.75, 3.05) is 13.2 Å². The molecule has 1 aliphatic rings. The van der Waals surface area contributed by atoms with Crippen LogP contribution in [0, 0.1) is 12.3 Å². The summed E-state index contributed by atoms with van der Waals surface area (Å²) in [6.07, 6.45) is -12.4. The molecule has 0 atom stereocenters. The number of rotatable bonds is 11. The smallest absolute Gasteiger partial charge is 0.385 e. The van der Waals surface area contributed by atoms with E-state index in [1.807, 2.05) is 97.0 Å². The molecule has 1 aromatic heterocycles. The number of nitrogens with zero attached hydrogens (tertiary/aromatic N) is 2. The second-order valence-corrected chi connectivity index (χ2v) is 19.5. The summed E-state index contributed by atoms with van der Waals surface area (Å²) in [5, 5.41) is 0. The average molecular weight is 913 g/mol. The minimum absolute atomic E-state index is 0.00488. The molecular formula is C50H51BF10N2O2. The number of hydrogen-bond donors (Lipinski definition) is 0. The minimum Gasteiger partial charge on any atom is -0.385 e. The van der Waals surface area contributed by atoms with E-state index in [4.69, 9.17) is 14.3 Å². The monoisotopic (exact) mass is 912 g/mol. The first-order chi connectivity index (χ1) is 29.8. The lowest BCUT2D eigenvalue weighted by molar-refractivity contribution is -0.295. The van der Waals surface area contributed by atoms with E-state index < -0.39 is 50.1 Å². The maximum absolute atomic E-state index is 14.9. The van der Waals surface area contributed by atoms with E-state index in [2.05, 4.69) is 0 Å². The van der Waals surface area contributed by atoms with Crippen LogP contribution in [0.5, 0.6) is 0 Å². The predicted molar refractivity (Wildman–Crippen MR) is 237 cm³/mol. The number of alkyl halides is 10. The van der Waals surface area contributed by atoms with Gasteiger partial charge in [0.15, 0.2) is 0 Å². The Balaban J connectivity index is 1.80. The lowest BCUT2D eigenvalue weighted by Crippen LogP contribution is -2.48. The SMILES string of the molecule is Cc1ccc(C2=N/C(=C(\c3c(-c4ccc(C(C)(C)C)cc4)cc(-c4ccc(C(C)(C)C)cc4)n3B(OCC(F)(F)C(F)(F)F)OCC(F)(F)C(F)(F)F)C(C)(C)C)c3ccccc32)cc1. The Hall–Kier alpha value is -5.15. The lowest BCUT2D eigenvalue weighted by atomic mass is 9.79. The van der Waals surface area contributed by atoms with Crippen molar-refractivity contribution in [3.05, 3.63) is 142 Å². The summed E-state index contributed by atoms with van der Waals surface area (Å²) in [6.45, 7) is 14.2. The molecule has 4 aromatic carbocycles. The topological polar surface area (TPSA) is 35.8 Å². The summed E-state index contributed by atoms with van der Waals surface area (Å²) < 4.78 is 154. The lowest BCUT2D eigenvalue weighted by Gasteiger charge is -2.31. The number of halogens is 10. The van der Waals surface area contributed by atoms with Crippen LogP contribution in [0.3, 0.4) is 0 Å². The van der Waals surface area contributed by atoms with Gasteiger partial charge in [-0.1, -0.05) is 165 Å². The number of benzene rings is 4. The quantitative estimate of drug-likeness (QED) is 0.0978. The molecule has 0 unspecified atom stereocenters. The molecule has 4 nitrogen and oxygen atoms in total. The van der Waals surface area contributed by atoms with Gasteiger partial charge in [0.05, 0.1) is 11.4 Å². The zero-order chi connectivity index (χ0) is 48.3. The highest BCUT2D eigenvalue weighted by atomic mass is 19.4. The molecule has 6 rings (SSSR count). The van der Waals surface area contributed by atoms with Crippen molar-refractivity contribution in [2.24, 2.45) is 10.4 Å². The molecule has 0 amide bonds. The van der Waals surface area contributed by atoms with Crippen LogP contribution < -0.4 is 0 Å². The van der Waals surface area contributed by atoms with Gasteiger partial charge in [-0.05, 0) is 51.5 Å². The standard InChI is InChI=1S/C50H51BF10N2O2/c1-30-15-17-33(18-16-30)41-36-13-11-12-14-37(36)42(62-41)40(46(8,9)10)43-38(31-19-23-34(24-20-31)44(2,3)4)27-39(32-21-25-35(26-22-32)45(5,6)7)63(43)51(64-28-47(52,53)49(56,57)58)65-29-48(54,55)50(59,60)61/h11-27H,28-29H2,1-10H3/b42-40+. The highest BCUT2D eigenvalue weighted by Gasteiger charge is 2.60. The first kappa shape index (κ1) is 49.3. The van der Waals surface area contributed by atoms with E-state index in [1.165, 1.54) is 0 Å². The zero-order valence-electron chi connectivity index (χ0n) is 37.8. The van der Waals surface area contributed by atoms with E-state index in [0.29, 0.717) is 39.2 Å². The van der Waals surface area contributed by atoms with Gasteiger partial charge in [-0.15, -0.1) is 0 Å². The molecule has 0 fully saturated rings. The van der Waals surface area contributed by atoms with E-state index in [0.717, 1.165) is 26.7 Å². The minimum atomic E-state index is -6.19. The molecule has 0 saturated carbocycles. The fraction of sp³-hybridized carbons (Fsp3) is 0.380. The maximum Gasteiger partial charge on any atom is 0.598 e. The van der Waals surface area contributed by atoms with Crippen molar-refractivity contribution in [2.45, 2.75) is 104 Å². The van der Waals surface area contributed by atoms with Crippen LogP contribution in [-0.4, -0.2) is 54.9 Å². The van der Waals surface area contributed by atoms with E-state index in [9.17, 15) is 43.9 Å². The van der Waals surface area contributed by atoms with Crippen LogP contribution in [-0.2, 0) is 20.1 Å². The Morgan fingerprint density at radius 2 is 0.969 bits per heavy atom. The van der Waals surface area contributed by atoms with Crippen LogP contribution in [0.1, 0.15) is 101 Å². The van der Waals surface area contributed by atoms with Crippen LogP contribution in [0.15, 0.2) is 108 Å². The van der Waals surface area contributed by atoms with Crippen molar-refractivity contribution in [3.8, 4) is 22.4 Å². The van der Waals surface area contributed by atoms with E-state index >= 15 is 0 Å². The molecule has 65 heavy (non-hydrogen) atoms. The second-order valence-electron chi connectivity index (χ2n) is 19.5. The van der Waals surface area contributed by atoms with Crippen molar-refractivity contribution in [3.63, 3.8) is 0 Å². The molecule has 0 bridgehead atoms. The molecule has 2 heterocycles. The molecule has 0 saturated heterocycles. The van der Waals surface area contributed by atoms with Gasteiger partial charge in [-0.3, -0.25) is 0 Å². The van der Waals surface area contributed by atoms with E-state index in [-0.39, 0.29) is 27.8 Å². The molecular weight excluding hydrogens is 861 g/mol. The Morgan fingerprint density at radius 3 is 1.40 bits per heavy atom. The normalized spacial score (nSPS) is 15.0. The molecule has 15 heteroatoms. The number of aryl methyl sites for hydroxylation is 1. The Labute approximate surface area is 373 Å².